The fraction of sp³-hybridized carbons (Fsp3) is 0.0794. The number of aliphatic imine (C=N–C) groups is 1. The monoisotopic (exact) mass is 892 g/mol. The molecule has 0 saturated heterocycles. The maximum absolute atomic E-state index is 6.37. The maximum atomic E-state index is 6.37. The second-order valence-electron chi connectivity index (χ2n) is 17.8. The Hall–Kier alpha value is -8.74. The molecule has 0 fully saturated rings. The summed E-state index contributed by atoms with van der Waals surface area (Å²) in [6.07, 6.45) is 14.2. The van der Waals surface area contributed by atoms with Crippen molar-refractivity contribution in [3.63, 3.8) is 0 Å². The van der Waals surface area contributed by atoms with Crippen LogP contribution in [0.25, 0.3) is 50.4 Å². The van der Waals surface area contributed by atoms with E-state index in [9.17, 15) is 0 Å². The standard InChI is InChI=1S/C63H48N4O2/c1-43-17-29-53(30-18-43)67(57-37-25-49(26-38-57)63-65-59-42-51(28-40-61(59)69-63)45-13-7-3-8-14-45)55-33-21-47(22-34-55)46-19-31-54(32-20-46)66(52-15-9-4-10-16-52)56-35-23-48(24-36-56)62-64-58-41-50(27-39-60(58)68-62)44-11-5-2-6-12-44/h2-17,19-43,58,60H,18H2,1H3. The third-order valence-electron chi connectivity index (χ3n) is 13.2. The van der Waals surface area contributed by atoms with E-state index in [-0.39, 0.29) is 12.1 Å². The van der Waals surface area contributed by atoms with E-state index in [2.05, 4.69) is 241 Å². The fourth-order valence-corrected chi connectivity index (χ4v) is 9.45. The van der Waals surface area contributed by atoms with Crippen LogP contribution in [-0.4, -0.2) is 23.0 Å². The van der Waals surface area contributed by atoms with Crippen LogP contribution in [0.15, 0.2) is 258 Å². The molecule has 6 heteroatoms. The molecule has 69 heavy (non-hydrogen) atoms. The predicted octanol–water partition coefficient (Wildman–Crippen LogP) is 16.1. The van der Waals surface area contributed by atoms with Crippen molar-refractivity contribution in [3.8, 4) is 33.7 Å². The van der Waals surface area contributed by atoms with E-state index in [0.29, 0.717) is 17.7 Å². The van der Waals surface area contributed by atoms with Gasteiger partial charge >= 0.3 is 0 Å². The van der Waals surface area contributed by atoms with Gasteiger partial charge in [-0.05, 0) is 161 Å². The highest BCUT2D eigenvalue weighted by Gasteiger charge is 2.31. The lowest BCUT2D eigenvalue weighted by Crippen LogP contribution is -2.20. The van der Waals surface area contributed by atoms with Gasteiger partial charge in [0.15, 0.2) is 5.58 Å². The largest absolute Gasteiger partial charge is 0.467 e. The summed E-state index contributed by atoms with van der Waals surface area (Å²) in [5, 5.41) is 0. The molecule has 2 heterocycles. The normalized spacial score (nSPS) is 17.1. The number of oxazole rings is 1. The van der Waals surface area contributed by atoms with Crippen LogP contribution in [0.3, 0.4) is 0 Å². The summed E-state index contributed by atoms with van der Waals surface area (Å²) in [5.74, 6) is 1.78. The van der Waals surface area contributed by atoms with Crippen LogP contribution < -0.4 is 9.80 Å². The van der Waals surface area contributed by atoms with Crippen LogP contribution in [0, 0.1) is 5.92 Å². The number of anilines is 5. The van der Waals surface area contributed by atoms with Crippen LogP contribution >= 0.6 is 0 Å². The van der Waals surface area contributed by atoms with Gasteiger partial charge in [-0.1, -0.05) is 134 Å². The van der Waals surface area contributed by atoms with Crippen molar-refractivity contribution in [3.05, 3.63) is 260 Å². The zero-order valence-electron chi connectivity index (χ0n) is 38.1. The van der Waals surface area contributed by atoms with Gasteiger partial charge in [0.1, 0.15) is 17.7 Å². The molecule has 1 aromatic heterocycles. The van der Waals surface area contributed by atoms with Gasteiger partial charge in [0, 0.05) is 45.3 Å². The van der Waals surface area contributed by atoms with Gasteiger partial charge < -0.3 is 19.0 Å². The highest BCUT2D eigenvalue weighted by molar-refractivity contribution is 5.97. The molecule has 0 saturated carbocycles. The zero-order valence-corrected chi connectivity index (χ0v) is 38.1. The van der Waals surface area contributed by atoms with Crippen molar-refractivity contribution >= 4 is 51.0 Å². The summed E-state index contributed by atoms with van der Waals surface area (Å²) >= 11 is 0. The van der Waals surface area contributed by atoms with Crippen molar-refractivity contribution in [2.24, 2.45) is 10.9 Å². The Morgan fingerprint density at radius 1 is 0.478 bits per heavy atom. The van der Waals surface area contributed by atoms with Crippen LogP contribution in [0.1, 0.15) is 24.5 Å². The molecule has 2 aliphatic carbocycles. The first-order valence-corrected chi connectivity index (χ1v) is 23.7. The van der Waals surface area contributed by atoms with Crippen molar-refractivity contribution in [2.75, 3.05) is 9.80 Å². The molecule has 1 aliphatic heterocycles. The van der Waals surface area contributed by atoms with E-state index >= 15 is 0 Å². The van der Waals surface area contributed by atoms with Gasteiger partial charge in [0.2, 0.25) is 11.8 Å². The van der Waals surface area contributed by atoms with Gasteiger partial charge in [-0.3, -0.25) is 0 Å². The van der Waals surface area contributed by atoms with Gasteiger partial charge in [0.25, 0.3) is 0 Å². The molecule has 0 N–H and O–H groups in total. The topological polar surface area (TPSA) is 54.1 Å². The van der Waals surface area contributed by atoms with Crippen molar-refractivity contribution in [1.29, 1.82) is 0 Å². The molecule has 0 amide bonds. The smallest absolute Gasteiger partial charge is 0.227 e. The van der Waals surface area contributed by atoms with E-state index in [1.54, 1.807) is 0 Å². The van der Waals surface area contributed by atoms with Crippen molar-refractivity contribution in [2.45, 2.75) is 25.5 Å². The molecular formula is C63H48N4O2. The Morgan fingerprint density at radius 2 is 1.00 bits per heavy atom. The first-order valence-electron chi connectivity index (χ1n) is 23.7. The summed E-state index contributed by atoms with van der Waals surface area (Å²) < 4.78 is 12.6. The van der Waals surface area contributed by atoms with E-state index in [1.165, 1.54) is 11.1 Å². The summed E-state index contributed by atoms with van der Waals surface area (Å²) in [4.78, 5) is 14.5. The lowest BCUT2D eigenvalue weighted by molar-refractivity contribution is 0.255. The maximum Gasteiger partial charge on any atom is 0.227 e. The van der Waals surface area contributed by atoms with E-state index in [4.69, 9.17) is 19.1 Å². The number of ether oxygens (including phenoxy) is 1. The first-order chi connectivity index (χ1) is 34.1. The third kappa shape index (κ3) is 8.49. The molecule has 9 aromatic rings. The third-order valence-corrected chi connectivity index (χ3v) is 13.2. The van der Waals surface area contributed by atoms with Gasteiger partial charge in [-0.25, -0.2) is 9.98 Å². The van der Waals surface area contributed by atoms with E-state index in [1.807, 2.05) is 18.2 Å². The predicted molar refractivity (Wildman–Crippen MR) is 283 cm³/mol. The lowest BCUT2D eigenvalue weighted by Gasteiger charge is -2.28. The molecular weight excluding hydrogens is 845 g/mol. The fourth-order valence-electron chi connectivity index (χ4n) is 9.45. The van der Waals surface area contributed by atoms with Crippen LogP contribution in [-0.2, 0) is 4.74 Å². The number of aromatic nitrogens is 1. The minimum atomic E-state index is -0.0990. The molecule has 8 aromatic carbocycles. The van der Waals surface area contributed by atoms with Gasteiger partial charge in [-0.2, -0.15) is 0 Å². The second-order valence-corrected chi connectivity index (χ2v) is 17.8. The Morgan fingerprint density at radius 3 is 1.61 bits per heavy atom. The number of fused-ring (bicyclic) bond motifs is 2. The van der Waals surface area contributed by atoms with Crippen molar-refractivity contribution < 1.29 is 9.15 Å². The minimum absolute atomic E-state index is 0.0502. The van der Waals surface area contributed by atoms with E-state index < -0.39 is 0 Å². The molecule has 332 valence electrons. The van der Waals surface area contributed by atoms with Crippen LogP contribution in [0.2, 0.25) is 0 Å². The Bertz CT molecular complexity index is 3430. The van der Waals surface area contributed by atoms with Crippen LogP contribution in [0.4, 0.5) is 28.4 Å². The molecule has 3 aliphatic rings. The average Bonchev–Trinajstić information content (AvgIpc) is 4.06. The van der Waals surface area contributed by atoms with E-state index in [0.717, 1.165) is 85.0 Å². The average molecular weight is 893 g/mol. The Kier molecular flexibility index (Phi) is 11.0. The zero-order chi connectivity index (χ0) is 46.1. The molecule has 3 atom stereocenters. The number of rotatable bonds is 11. The molecule has 0 bridgehead atoms. The first kappa shape index (κ1) is 41.7. The highest BCUT2D eigenvalue weighted by atomic mass is 16.5. The molecule has 0 radical (unpaired) electrons. The second kappa shape index (κ2) is 18.2. The van der Waals surface area contributed by atoms with Crippen LogP contribution in [0.5, 0.6) is 0 Å². The quantitative estimate of drug-likeness (QED) is 0.129. The summed E-state index contributed by atoms with van der Waals surface area (Å²) in [7, 11) is 0. The number of benzene rings is 8. The highest BCUT2D eigenvalue weighted by Crippen LogP contribution is 2.39. The Labute approximate surface area is 402 Å². The number of allylic oxidation sites excluding steroid dienone is 5. The number of hydrogen-bond acceptors (Lipinski definition) is 6. The number of nitrogens with zero attached hydrogens (tertiary/aromatic N) is 4. The van der Waals surface area contributed by atoms with Gasteiger partial charge in [0.05, 0.1) is 0 Å². The lowest BCUT2D eigenvalue weighted by atomic mass is 9.96. The summed E-state index contributed by atoms with van der Waals surface area (Å²) in [6, 6.07) is 72.2. The number of hydrogen-bond donors (Lipinski definition) is 0. The Balaban J connectivity index is 0.786. The minimum Gasteiger partial charge on any atom is -0.467 e. The van der Waals surface area contributed by atoms with Crippen molar-refractivity contribution in [1.82, 2.24) is 4.98 Å². The molecule has 6 nitrogen and oxygen atoms in total. The SMILES string of the molecule is CC1C=CC(N(c2ccc(-c3ccc(N(c4ccccc4)c4ccc(C5=NC6C=C(c7ccccc7)C=CC6O5)cc4)cc3)cc2)c2ccc(-c3nc4cc(-c5ccccc5)ccc4o3)cc2)=CC1. The molecule has 3 unspecified atom stereocenters. The molecule has 12 rings (SSSR count). The summed E-state index contributed by atoms with van der Waals surface area (Å²) in [5.41, 5.74) is 16.9. The molecule has 0 spiro atoms. The number of para-hydroxylation sites is 1. The summed E-state index contributed by atoms with van der Waals surface area (Å²) in [6.45, 7) is 2.25. The van der Waals surface area contributed by atoms with Gasteiger partial charge in [-0.15, -0.1) is 0 Å².